The van der Waals surface area contributed by atoms with Crippen molar-refractivity contribution in [2.75, 3.05) is 13.2 Å². The second kappa shape index (κ2) is 20.6. The quantitative estimate of drug-likeness (QED) is 0.326. The molecule has 8 heteroatoms. The van der Waals surface area contributed by atoms with E-state index >= 15 is 0 Å². The summed E-state index contributed by atoms with van der Waals surface area (Å²) in [4.78, 5) is 0. The summed E-state index contributed by atoms with van der Waals surface area (Å²) >= 11 is 0. The Morgan fingerprint density at radius 2 is 1.07 bits per heavy atom. The number of allylic oxidation sites excluding steroid dienone is 5. The van der Waals surface area contributed by atoms with Gasteiger partial charge in [-0.05, 0) is 35.1 Å². The number of rotatable bonds is 10. The molecule has 252 valence electrons. The van der Waals surface area contributed by atoms with E-state index in [0.717, 1.165) is 12.8 Å². The summed E-state index contributed by atoms with van der Waals surface area (Å²) in [6, 6.07) is 21.0. The molecule has 2 aliphatic carbocycles. The molecule has 0 saturated heterocycles. The Balaban J connectivity index is 0.00000182. The van der Waals surface area contributed by atoms with Gasteiger partial charge in [-0.3, -0.25) is 0 Å². The van der Waals surface area contributed by atoms with Crippen molar-refractivity contribution in [2.24, 2.45) is 5.41 Å². The third kappa shape index (κ3) is 15.1. The van der Waals surface area contributed by atoms with Gasteiger partial charge in [0.2, 0.25) is 0 Å². The summed E-state index contributed by atoms with van der Waals surface area (Å²) < 4.78 is 12.9. The summed E-state index contributed by atoms with van der Waals surface area (Å²) in [6.07, 6.45) is 3.67. The van der Waals surface area contributed by atoms with Crippen molar-refractivity contribution in [3.8, 4) is 0 Å². The van der Waals surface area contributed by atoms with Crippen LogP contribution in [0.4, 0.5) is 0 Å². The van der Waals surface area contributed by atoms with Crippen LogP contribution < -0.4 is 27.2 Å². The van der Waals surface area contributed by atoms with Gasteiger partial charge < -0.3 is 36.7 Å². The first-order chi connectivity index (χ1) is 20.4. The summed E-state index contributed by atoms with van der Waals surface area (Å²) in [7, 11) is -3.12. The van der Waals surface area contributed by atoms with Gasteiger partial charge in [-0.15, -0.1) is 12.2 Å². The Hall–Kier alpha value is -0.872. The van der Waals surface area contributed by atoms with Crippen LogP contribution in [0, 0.1) is 11.0 Å². The first-order valence-corrected chi connectivity index (χ1v) is 23.0. The van der Waals surface area contributed by atoms with Crippen molar-refractivity contribution in [3.63, 3.8) is 0 Å². The van der Waals surface area contributed by atoms with E-state index in [0.29, 0.717) is 26.4 Å². The van der Waals surface area contributed by atoms with Gasteiger partial charge >= 0.3 is 21.7 Å². The van der Waals surface area contributed by atoms with Crippen LogP contribution in [-0.4, -0.2) is 41.6 Å². The second-order valence-corrected chi connectivity index (χ2v) is 24.9. The average molecular weight is 762 g/mol. The van der Waals surface area contributed by atoms with E-state index in [1.807, 2.05) is 0 Å². The average Bonchev–Trinajstić information content (AvgIpc) is 3.26. The van der Waals surface area contributed by atoms with E-state index in [2.05, 4.69) is 113 Å². The molecular formula is C38H57BrO4Si2Ti. The van der Waals surface area contributed by atoms with Crippen LogP contribution in [0.15, 0.2) is 95.2 Å². The van der Waals surface area contributed by atoms with Crippen molar-refractivity contribution in [1.29, 1.82) is 0 Å². The number of ether oxygens (including phenoxy) is 2. The molecule has 4 nitrogen and oxygen atoms in total. The van der Waals surface area contributed by atoms with Crippen LogP contribution in [0.3, 0.4) is 0 Å². The zero-order chi connectivity index (χ0) is 33.1. The second-order valence-electron chi connectivity index (χ2n) is 14.8. The van der Waals surface area contributed by atoms with Crippen LogP contribution in [-0.2, 0) is 44.4 Å². The first kappa shape index (κ1) is 45.1. The van der Waals surface area contributed by atoms with Crippen LogP contribution in [0.25, 0.3) is 0 Å². The van der Waals surface area contributed by atoms with Crippen LogP contribution >= 0.6 is 0 Å². The molecular weight excluding hydrogens is 704 g/mol. The third-order valence-electron chi connectivity index (χ3n) is 7.33. The number of hydrogen-bond donors (Lipinski definition) is 0. The Labute approximate surface area is 308 Å². The molecule has 0 aromatic heterocycles. The fourth-order valence-corrected chi connectivity index (χ4v) is 9.75. The van der Waals surface area contributed by atoms with Gasteiger partial charge in [0.05, 0.1) is 42.6 Å². The normalized spacial score (nSPS) is 16.0. The van der Waals surface area contributed by atoms with Gasteiger partial charge in [-0.1, -0.05) is 151 Å². The van der Waals surface area contributed by atoms with Crippen LogP contribution in [0.1, 0.15) is 51.7 Å². The molecule has 2 radical (unpaired) electrons. The molecule has 46 heavy (non-hydrogen) atoms. The number of halogens is 1. The van der Waals surface area contributed by atoms with Crippen LogP contribution in [0.5, 0.6) is 0 Å². The van der Waals surface area contributed by atoms with Gasteiger partial charge in [-0.2, -0.15) is 0 Å². The van der Waals surface area contributed by atoms with Crippen molar-refractivity contribution in [3.05, 3.63) is 112 Å². The smallest absolute Gasteiger partial charge is 1.00 e. The van der Waals surface area contributed by atoms with Crippen LogP contribution in [0.2, 0.25) is 39.3 Å². The van der Waals surface area contributed by atoms with E-state index in [1.165, 1.54) is 16.7 Å². The predicted molar refractivity (Wildman–Crippen MR) is 188 cm³/mol. The molecule has 0 atom stereocenters. The summed E-state index contributed by atoms with van der Waals surface area (Å²) in [5, 5.41) is 20.6. The molecule has 0 unspecified atom stereocenters. The van der Waals surface area contributed by atoms with Crippen molar-refractivity contribution < 1.29 is 58.4 Å². The molecule has 0 N–H and O–H groups in total. The Morgan fingerprint density at radius 3 is 1.41 bits per heavy atom. The fraction of sp³-hybridized carbons (Fsp3) is 0.500. The van der Waals surface area contributed by atoms with Gasteiger partial charge in [0, 0.05) is 11.0 Å². The van der Waals surface area contributed by atoms with Gasteiger partial charge in [0.15, 0.2) is 0 Å². The van der Waals surface area contributed by atoms with Gasteiger partial charge in [-0.25, -0.2) is 0 Å². The molecule has 4 rings (SSSR count). The molecule has 0 heterocycles. The number of benzene rings is 2. The first-order valence-electron chi connectivity index (χ1n) is 16.0. The molecule has 0 saturated carbocycles. The summed E-state index contributed by atoms with van der Waals surface area (Å²) in [6.45, 7) is 28.5. The topological polar surface area (TPSA) is 64.6 Å². The zero-order valence-electron chi connectivity index (χ0n) is 30.0. The third-order valence-corrected chi connectivity index (χ3v) is 11.5. The molecule has 0 fully saturated rings. The molecule has 2 aromatic carbocycles. The van der Waals surface area contributed by atoms with E-state index in [1.54, 1.807) is 49.6 Å². The van der Waals surface area contributed by atoms with Gasteiger partial charge in [0.1, 0.15) is 0 Å². The monoisotopic (exact) mass is 760 g/mol. The van der Waals surface area contributed by atoms with E-state index in [-0.39, 0.29) is 44.1 Å². The van der Waals surface area contributed by atoms with Crippen molar-refractivity contribution in [2.45, 2.75) is 105 Å². The van der Waals surface area contributed by atoms with Crippen molar-refractivity contribution >= 4 is 16.1 Å². The maximum absolute atomic E-state index is 9.53. The minimum Gasteiger partial charge on any atom is -1.00 e. The van der Waals surface area contributed by atoms with E-state index in [4.69, 9.17) is 9.47 Å². The predicted octanol–water partition coefficient (Wildman–Crippen LogP) is 4.83. The molecule has 0 aliphatic heterocycles. The molecule has 2 aliphatic rings. The Morgan fingerprint density at radius 1 is 0.696 bits per heavy atom. The fourth-order valence-electron chi connectivity index (χ4n) is 5.82. The maximum Gasteiger partial charge on any atom is 3.00 e. The summed E-state index contributed by atoms with van der Waals surface area (Å²) in [5.41, 5.74) is 8.38. The number of hydrogen-bond acceptors (Lipinski definition) is 4. The molecule has 0 amide bonds. The SMILES string of the molecule is C=C1C=C([Si](C)(C)C)C2=C(CC(COCc3ccccc3)(COCc3ccccc3)C2)[C]1[Si](C)(C)C.CC(C)[O-].CC(C)[O-].[Br-].[Ti+3]. The van der Waals surface area contributed by atoms with E-state index in [9.17, 15) is 10.2 Å². The zero-order valence-corrected chi connectivity index (χ0v) is 35.1. The summed E-state index contributed by atoms with van der Waals surface area (Å²) in [5.74, 6) is 0. The van der Waals surface area contributed by atoms with Gasteiger partial charge in [0.25, 0.3) is 0 Å². The molecule has 2 aromatic rings. The minimum atomic E-state index is -1.58. The Kier molecular flexibility index (Phi) is 20.2. The maximum atomic E-state index is 9.53. The van der Waals surface area contributed by atoms with E-state index < -0.39 is 28.4 Å². The standard InChI is InChI=1S/C32H43O2Si2.2C3H7O.BrH.Ti/c1-25-18-30(35(2,3)4)28-19-32(20-29(28)31(25)36(5,6)7,23-33-21-26-14-10-8-11-15-26)24-34-22-27-16-12-9-13-17-27;2*1-3(2)4;;/h8-18H,1,19-24H2,2-7H3;2*3H,1-2H3;1H;/q;2*-1;;+3/p-1. The largest absolute Gasteiger partial charge is 3.00 e. The Bertz CT molecular complexity index is 1180. The molecule has 0 spiro atoms. The molecule has 0 bridgehead atoms. The van der Waals surface area contributed by atoms with Crippen molar-refractivity contribution in [1.82, 2.24) is 0 Å². The minimum absolute atomic E-state index is 0.